The van der Waals surface area contributed by atoms with Crippen LogP contribution in [0.25, 0.3) is 21.8 Å². The average Bonchev–Trinajstić information content (AvgIpc) is 3.43. The van der Waals surface area contributed by atoms with E-state index >= 15 is 0 Å². The SMILES string of the molecule is Cc1onc2c1c(=O)n(C1CCCC(N3CC(c4ccccc4)OC3=O)C1)c1cccc(Cl)c21. The molecule has 3 atom stereocenters. The maximum absolute atomic E-state index is 13.7. The van der Waals surface area contributed by atoms with Crippen molar-refractivity contribution >= 4 is 39.5 Å². The number of hydrogen-bond acceptors (Lipinski definition) is 5. The minimum Gasteiger partial charge on any atom is -0.439 e. The molecule has 1 amide bonds. The molecule has 0 bridgehead atoms. The first kappa shape index (κ1) is 21.2. The quantitative estimate of drug-likeness (QED) is 0.373. The van der Waals surface area contributed by atoms with E-state index in [1.54, 1.807) is 13.0 Å². The van der Waals surface area contributed by atoms with Gasteiger partial charge in [-0.05, 0) is 50.3 Å². The Labute approximate surface area is 200 Å². The van der Waals surface area contributed by atoms with Crippen molar-refractivity contribution in [2.45, 2.75) is 50.8 Å². The lowest BCUT2D eigenvalue weighted by atomic mass is 9.89. The van der Waals surface area contributed by atoms with Crippen LogP contribution in [0, 0.1) is 6.92 Å². The number of cyclic esters (lactones) is 1. The maximum atomic E-state index is 13.7. The number of aromatic nitrogens is 2. The number of pyridine rings is 1. The Morgan fingerprint density at radius 3 is 2.62 bits per heavy atom. The smallest absolute Gasteiger partial charge is 0.410 e. The zero-order valence-electron chi connectivity index (χ0n) is 18.7. The number of amides is 1. The van der Waals surface area contributed by atoms with Gasteiger partial charge in [0.15, 0.2) is 0 Å². The van der Waals surface area contributed by atoms with Gasteiger partial charge in [-0.25, -0.2) is 4.79 Å². The summed E-state index contributed by atoms with van der Waals surface area (Å²) in [6.07, 6.45) is 2.75. The van der Waals surface area contributed by atoms with E-state index in [9.17, 15) is 9.59 Å². The van der Waals surface area contributed by atoms with Crippen LogP contribution in [0.2, 0.25) is 5.02 Å². The molecule has 174 valence electrons. The fourth-order valence-corrected chi connectivity index (χ4v) is 5.87. The Balaban J connectivity index is 1.37. The predicted octanol–water partition coefficient (Wildman–Crippen LogP) is 5.78. The number of benzene rings is 2. The Kier molecular flexibility index (Phi) is 5.10. The van der Waals surface area contributed by atoms with E-state index in [-0.39, 0.29) is 29.8 Å². The van der Waals surface area contributed by atoms with Crippen molar-refractivity contribution in [3.05, 3.63) is 75.2 Å². The van der Waals surface area contributed by atoms with Crippen LogP contribution < -0.4 is 5.56 Å². The zero-order chi connectivity index (χ0) is 23.4. The number of halogens is 1. The summed E-state index contributed by atoms with van der Waals surface area (Å²) in [4.78, 5) is 28.3. The highest BCUT2D eigenvalue weighted by Gasteiger charge is 2.39. The van der Waals surface area contributed by atoms with Gasteiger partial charge in [0.1, 0.15) is 22.8 Å². The molecular weight excluding hydrogens is 454 g/mol. The van der Waals surface area contributed by atoms with Gasteiger partial charge in [-0.2, -0.15) is 0 Å². The van der Waals surface area contributed by atoms with E-state index in [0.717, 1.165) is 35.7 Å². The van der Waals surface area contributed by atoms with Gasteiger partial charge in [-0.15, -0.1) is 0 Å². The topological polar surface area (TPSA) is 77.6 Å². The molecule has 1 saturated carbocycles. The molecular formula is C26H24ClN3O4. The van der Waals surface area contributed by atoms with E-state index in [1.165, 1.54) is 0 Å². The molecule has 1 aliphatic carbocycles. The number of ether oxygens (including phenoxy) is 1. The summed E-state index contributed by atoms with van der Waals surface area (Å²) < 4.78 is 12.9. The van der Waals surface area contributed by atoms with Crippen LogP contribution in [-0.2, 0) is 4.74 Å². The summed E-state index contributed by atoms with van der Waals surface area (Å²) in [5.41, 5.74) is 2.12. The molecule has 7 nitrogen and oxygen atoms in total. The lowest BCUT2D eigenvalue weighted by molar-refractivity contribution is 0.119. The van der Waals surface area contributed by atoms with Crippen LogP contribution in [-0.4, -0.2) is 33.3 Å². The second-order valence-electron chi connectivity index (χ2n) is 9.18. The van der Waals surface area contributed by atoms with E-state index in [2.05, 4.69) is 5.16 Å². The third kappa shape index (κ3) is 3.29. The van der Waals surface area contributed by atoms with Crippen LogP contribution in [0.3, 0.4) is 0 Å². The van der Waals surface area contributed by atoms with Crippen molar-refractivity contribution in [3.63, 3.8) is 0 Å². The molecule has 6 rings (SSSR count). The number of nitrogens with zero attached hydrogens (tertiary/aromatic N) is 3. The molecule has 2 fully saturated rings. The monoisotopic (exact) mass is 477 g/mol. The summed E-state index contributed by atoms with van der Waals surface area (Å²) >= 11 is 6.57. The molecule has 1 aliphatic heterocycles. The molecule has 2 aromatic carbocycles. The van der Waals surface area contributed by atoms with Crippen molar-refractivity contribution in [1.82, 2.24) is 14.6 Å². The zero-order valence-corrected chi connectivity index (χ0v) is 19.5. The molecule has 1 saturated heterocycles. The molecule has 0 radical (unpaired) electrons. The van der Waals surface area contributed by atoms with Gasteiger partial charge in [-0.3, -0.25) is 4.79 Å². The minimum absolute atomic E-state index is 0.000338. The number of carbonyl (C=O) groups excluding carboxylic acids is 1. The molecule has 8 heteroatoms. The molecule has 0 N–H and O–H groups in total. The molecule has 0 spiro atoms. The van der Waals surface area contributed by atoms with Crippen LogP contribution in [0.1, 0.15) is 49.2 Å². The minimum atomic E-state index is -0.287. The summed E-state index contributed by atoms with van der Waals surface area (Å²) in [6, 6.07) is 15.3. The third-order valence-corrected chi connectivity index (χ3v) is 7.53. The van der Waals surface area contributed by atoms with Crippen molar-refractivity contribution < 1.29 is 14.1 Å². The lowest BCUT2D eigenvalue weighted by Gasteiger charge is -2.35. The largest absolute Gasteiger partial charge is 0.439 e. The maximum Gasteiger partial charge on any atom is 0.410 e. The van der Waals surface area contributed by atoms with Crippen LogP contribution in [0.15, 0.2) is 57.8 Å². The first-order valence-corrected chi connectivity index (χ1v) is 12.0. The highest BCUT2D eigenvalue weighted by Crippen LogP contribution is 2.38. The van der Waals surface area contributed by atoms with Gasteiger partial charge in [0.25, 0.3) is 5.56 Å². The highest BCUT2D eigenvalue weighted by molar-refractivity contribution is 6.37. The molecule has 3 heterocycles. The van der Waals surface area contributed by atoms with E-state index in [4.69, 9.17) is 20.9 Å². The molecule has 2 aromatic heterocycles. The number of carbonyl (C=O) groups is 1. The van der Waals surface area contributed by atoms with E-state index < -0.39 is 0 Å². The third-order valence-electron chi connectivity index (χ3n) is 7.22. The predicted molar refractivity (Wildman–Crippen MR) is 129 cm³/mol. The van der Waals surface area contributed by atoms with Crippen LogP contribution in [0.4, 0.5) is 4.79 Å². The van der Waals surface area contributed by atoms with Gasteiger partial charge in [0.2, 0.25) is 0 Å². The Morgan fingerprint density at radius 2 is 1.79 bits per heavy atom. The Hall–Kier alpha value is -3.32. The second kappa shape index (κ2) is 8.17. The fourth-order valence-electron chi connectivity index (χ4n) is 5.61. The van der Waals surface area contributed by atoms with Crippen LogP contribution >= 0.6 is 11.6 Å². The van der Waals surface area contributed by atoms with Gasteiger partial charge in [-0.1, -0.05) is 53.2 Å². The lowest BCUT2D eigenvalue weighted by Crippen LogP contribution is -2.41. The number of rotatable bonds is 3. The summed E-state index contributed by atoms with van der Waals surface area (Å²) in [6.45, 7) is 2.27. The number of aryl methyl sites for hydroxylation is 1. The average molecular weight is 478 g/mol. The number of fused-ring (bicyclic) bond motifs is 3. The highest BCUT2D eigenvalue weighted by atomic mass is 35.5. The van der Waals surface area contributed by atoms with Crippen molar-refractivity contribution in [1.29, 1.82) is 0 Å². The first-order valence-electron chi connectivity index (χ1n) is 11.6. The van der Waals surface area contributed by atoms with Gasteiger partial charge in [0.05, 0.1) is 17.1 Å². The van der Waals surface area contributed by atoms with Crippen molar-refractivity contribution in [2.24, 2.45) is 0 Å². The Morgan fingerprint density at radius 1 is 1.00 bits per heavy atom. The Bertz CT molecular complexity index is 1460. The fraction of sp³-hybridized carbons (Fsp3) is 0.346. The molecule has 4 aromatic rings. The normalized spacial score (nSPS) is 23.1. The van der Waals surface area contributed by atoms with Crippen molar-refractivity contribution in [3.8, 4) is 0 Å². The summed E-state index contributed by atoms with van der Waals surface area (Å²) in [5.74, 6) is 0.483. The first-order chi connectivity index (χ1) is 16.5. The van der Waals surface area contributed by atoms with E-state index in [0.29, 0.717) is 34.7 Å². The summed E-state index contributed by atoms with van der Waals surface area (Å²) in [7, 11) is 0. The standard InChI is InChI=1S/C26H24ClN3O4/c1-15-22-24(28-34-15)23-19(27)11-6-12-20(23)30(25(22)31)18-10-5-9-17(13-18)29-14-21(33-26(29)32)16-7-3-2-4-8-16/h2-4,6-8,11-12,17-18,21H,5,9-10,13-14H2,1H3. The van der Waals surface area contributed by atoms with Crippen LogP contribution in [0.5, 0.6) is 0 Å². The van der Waals surface area contributed by atoms with Gasteiger partial charge < -0.3 is 18.7 Å². The second-order valence-corrected chi connectivity index (χ2v) is 9.59. The van der Waals surface area contributed by atoms with Gasteiger partial charge >= 0.3 is 6.09 Å². The van der Waals surface area contributed by atoms with E-state index in [1.807, 2.05) is 51.9 Å². The van der Waals surface area contributed by atoms with Gasteiger partial charge in [0, 0.05) is 17.5 Å². The molecule has 3 unspecified atom stereocenters. The molecule has 34 heavy (non-hydrogen) atoms. The summed E-state index contributed by atoms with van der Waals surface area (Å²) in [5, 5.41) is 5.86. The number of hydrogen-bond donors (Lipinski definition) is 0. The van der Waals surface area contributed by atoms with Crippen molar-refractivity contribution in [2.75, 3.05) is 6.54 Å². The molecule has 2 aliphatic rings.